The number of carboxylic acid groups (broad SMARTS) is 1. The second-order valence-electron chi connectivity index (χ2n) is 8.75. The number of ether oxygens (including phenoxy) is 1. The lowest BCUT2D eigenvalue weighted by Gasteiger charge is -2.14. The van der Waals surface area contributed by atoms with Gasteiger partial charge in [-0.15, -0.1) is 13.2 Å². The van der Waals surface area contributed by atoms with Gasteiger partial charge in [0.05, 0.1) is 11.4 Å². The number of hydrogen-bond acceptors (Lipinski definition) is 5. The zero-order valence-electron chi connectivity index (χ0n) is 21.1. The maximum Gasteiger partial charge on any atom is 0.573 e. The zero-order valence-corrected chi connectivity index (χ0v) is 22.6. The van der Waals surface area contributed by atoms with Crippen molar-refractivity contribution in [3.63, 3.8) is 0 Å². The van der Waals surface area contributed by atoms with E-state index in [1.165, 1.54) is 30.5 Å². The number of rotatable bonds is 10. The fourth-order valence-electron chi connectivity index (χ4n) is 3.93. The predicted octanol–water partition coefficient (Wildman–Crippen LogP) is 7.44. The van der Waals surface area contributed by atoms with Gasteiger partial charge in [0.2, 0.25) is 0 Å². The van der Waals surface area contributed by atoms with Crippen LogP contribution in [0.1, 0.15) is 22.5 Å². The number of carbonyl (C=O) groups is 2. The molecule has 0 radical (unpaired) electrons. The number of pyridine rings is 1. The molecular weight excluding hydrogens is 582 g/mol. The summed E-state index contributed by atoms with van der Waals surface area (Å²) in [6.45, 7) is 0.388. The van der Waals surface area contributed by atoms with Crippen molar-refractivity contribution in [3.05, 3.63) is 100 Å². The number of aliphatic carboxylic acids is 1. The number of benzene rings is 3. The highest BCUT2D eigenvalue weighted by Crippen LogP contribution is 2.33. The first-order valence-corrected chi connectivity index (χ1v) is 12.9. The first-order chi connectivity index (χ1) is 19.5. The summed E-state index contributed by atoms with van der Waals surface area (Å²) in [6.07, 6.45) is -3.42. The van der Waals surface area contributed by atoms with Crippen LogP contribution in [0.5, 0.6) is 5.75 Å². The van der Waals surface area contributed by atoms with E-state index in [1.807, 2.05) is 6.07 Å². The van der Waals surface area contributed by atoms with Gasteiger partial charge in [-0.3, -0.25) is 14.6 Å². The predicted molar refractivity (Wildman–Crippen MR) is 150 cm³/mol. The highest BCUT2D eigenvalue weighted by atomic mass is 35.5. The van der Waals surface area contributed by atoms with Crippen LogP contribution in [0, 0.1) is 0 Å². The number of anilines is 1. The van der Waals surface area contributed by atoms with E-state index in [2.05, 4.69) is 20.4 Å². The highest BCUT2D eigenvalue weighted by Gasteiger charge is 2.31. The number of nitrogens with zero attached hydrogens (tertiary/aromatic N) is 1. The molecule has 41 heavy (non-hydrogen) atoms. The Bertz CT molecular complexity index is 1550. The topological polar surface area (TPSA) is 101 Å². The second-order valence-corrected chi connectivity index (χ2v) is 9.60. The van der Waals surface area contributed by atoms with Crippen LogP contribution in [0.3, 0.4) is 0 Å². The fourth-order valence-corrected chi connectivity index (χ4v) is 4.39. The lowest BCUT2D eigenvalue weighted by Crippen LogP contribution is -2.26. The molecule has 0 unspecified atom stereocenters. The monoisotopic (exact) mass is 603 g/mol. The number of carboxylic acids is 1. The molecule has 0 saturated carbocycles. The van der Waals surface area contributed by atoms with Gasteiger partial charge < -0.3 is 20.5 Å². The van der Waals surface area contributed by atoms with Gasteiger partial charge >= 0.3 is 12.3 Å². The molecule has 0 fully saturated rings. The van der Waals surface area contributed by atoms with Crippen molar-refractivity contribution in [1.29, 1.82) is 0 Å². The summed E-state index contributed by atoms with van der Waals surface area (Å²) in [7, 11) is 0. The maximum atomic E-state index is 12.4. The van der Waals surface area contributed by atoms with Crippen LogP contribution in [0.25, 0.3) is 22.3 Å². The van der Waals surface area contributed by atoms with Gasteiger partial charge in [-0.25, -0.2) is 0 Å². The average Bonchev–Trinajstić information content (AvgIpc) is 2.92. The van der Waals surface area contributed by atoms with E-state index in [0.29, 0.717) is 33.4 Å². The molecule has 212 valence electrons. The van der Waals surface area contributed by atoms with Crippen LogP contribution in [-0.4, -0.2) is 34.9 Å². The molecule has 3 N–H and O–H groups in total. The first kappa shape index (κ1) is 29.7. The van der Waals surface area contributed by atoms with E-state index in [4.69, 9.17) is 28.3 Å². The number of carbonyl (C=O) groups excluding carboxylic acids is 1. The van der Waals surface area contributed by atoms with Gasteiger partial charge in [-0.05, 0) is 59.2 Å². The molecule has 0 saturated heterocycles. The van der Waals surface area contributed by atoms with Crippen LogP contribution in [0.4, 0.5) is 18.9 Å². The molecule has 1 amide bonds. The van der Waals surface area contributed by atoms with Crippen LogP contribution in [-0.2, 0) is 11.3 Å². The number of amides is 1. The third-order valence-electron chi connectivity index (χ3n) is 5.85. The summed E-state index contributed by atoms with van der Waals surface area (Å²) in [5.41, 5.74) is 4.53. The number of alkyl halides is 3. The van der Waals surface area contributed by atoms with Gasteiger partial charge in [-0.2, -0.15) is 0 Å². The van der Waals surface area contributed by atoms with E-state index in [1.54, 1.807) is 42.5 Å². The molecule has 0 aliphatic heterocycles. The van der Waals surface area contributed by atoms with Crippen molar-refractivity contribution in [2.45, 2.75) is 19.3 Å². The Balaban J connectivity index is 1.45. The van der Waals surface area contributed by atoms with Crippen LogP contribution in [0.15, 0.2) is 79.0 Å². The molecule has 0 spiro atoms. The van der Waals surface area contributed by atoms with Crippen molar-refractivity contribution in [2.75, 3.05) is 11.9 Å². The van der Waals surface area contributed by atoms with Crippen molar-refractivity contribution < 1.29 is 32.6 Å². The molecule has 4 rings (SSSR count). The summed E-state index contributed by atoms with van der Waals surface area (Å²) in [4.78, 5) is 27.1. The molecule has 0 aliphatic carbocycles. The van der Waals surface area contributed by atoms with Gasteiger partial charge in [0.25, 0.3) is 5.91 Å². The van der Waals surface area contributed by atoms with Crippen LogP contribution < -0.4 is 15.4 Å². The minimum Gasteiger partial charge on any atom is -0.481 e. The lowest BCUT2D eigenvalue weighted by molar-refractivity contribution is -0.274. The van der Waals surface area contributed by atoms with E-state index in [9.17, 15) is 22.8 Å². The quantitative estimate of drug-likeness (QED) is 0.174. The average molecular weight is 604 g/mol. The standard InChI is InChI=1S/C29H22Cl2F3N3O4/c30-20-5-1-18(24(13-20)19-4-10-26(37-16-19)28(40)35-12-11-27(38)39)15-36-21-6-9-23(25(31)14-21)17-2-7-22(8-3-17)41-29(32,33)34/h1-10,13-14,16,36H,11-12,15H2,(H,35,40)(H,38,39). The lowest BCUT2D eigenvalue weighted by atomic mass is 10.0. The summed E-state index contributed by atoms with van der Waals surface area (Å²) >= 11 is 12.7. The molecule has 0 bridgehead atoms. The van der Waals surface area contributed by atoms with Gasteiger partial charge in [-0.1, -0.05) is 53.5 Å². The first-order valence-electron chi connectivity index (χ1n) is 12.1. The Morgan fingerprint density at radius 1 is 0.902 bits per heavy atom. The number of aromatic nitrogens is 1. The zero-order chi connectivity index (χ0) is 29.6. The van der Waals surface area contributed by atoms with Crippen LogP contribution >= 0.6 is 23.2 Å². The fraction of sp³-hybridized carbons (Fsp3) is 0.138. The molecule has 4 aromatic rings. The SMILES string of the molecule is O=C(O)CCNC(=O)c1ccc(-c2cc(Cl)ccc2CNc2ccc(-c3ccc(OC(F)(F)F)cc3)c(Cl)c2)cn1. The van der Waals surface area contributed by atoms with Crippen LogP contribution in [0.2, 0.25) is 10.0 Å². The van der Waals surface area contributed by atoms with E-state index < -0.39 is 18.2 Å². The van der Waals surface area contributed by atoms with Crippen molar-refractivity contribution in [2.24, 2.45) is 0 Å². The minimum absolute atomic E-state index is 0.00406. The highest BCUT2D eigenvalue weighted by molar-refractivity contribution is 6.33. The molecule has 1 aromatic heterocycles. The Labute approximate surface area is 242 Å². The van der Waals surface area contributed by atoms with Crippen molar-refractivity contribution in [3.8, 4) is 28.0 Å². The van der Waals surface area contributed by atoms with Gasteiger partial charge in [0, 0.05) is 41.1 Å². The summed E-state index contributed by atoms with van der Waals surface area (Å²) in [6, 6.07) is 19.4. The minimum atomic E-state index is -4.77. The van der Waals surface area contributed by atoms with E-state index in [-0.39, 0.29) is 24.4 Å². The Morgan fingerprint density at radius 3 is 2.27 bits per heavy atom. The molecule has 0 atom stereocenters. The van der Waals surface area contributed by atoms with E-state index in [0.717, 1.165) is 16.7 Å². The third kappa shape index (κ3) is 8.36. The third-order valence-corrected chi connectivity index (χ3v) is 6.40. The molecular formula is C29H22Cl2F3N3O4. The Hall–Kier alpha value is -4.28. The second kappa shape index (κ2) is 12.9. The Kier molecular flexibility index (Phi) is 9.36. The normalized spacial score (nSPS) is 11.1. The molecule has 7 nitrogen and oxygen atoms in total. The molecule has 1 heterocycles. The maximum absolute atomic E-state index is 12.4. The summed E-state index contributed by atoms with van der Waals surface area (Å²) in [5, 5.41) is 15.4. The molecule has 3 aromatic carbocycles. The smallest absolute Gasteiger partial charge is 0.481 e. The Morgan fingerprint density at radius 2 is 1.63 bits per heavy atom. The van der Waals surface area contributed by atoms with Crippen molar-refractivity contribution in [1.82, 2.24) is 10.3 Å². The largest absolute Gasteiger partial charge is 0.573 e. The van der Waals surface area contributed by atoms with E-state index >= 15 is 0 Å². The number of hydrogen-bond donors (Lipinski definition) is 3. The number of nitrogens with one attached hydrogen (secondary N) is 2. The van der Waals surface area contributed by atoms with Gasteiger partial charge in [0.15, 0.2) is 0 Å². The summed E-state index contributed by atoms with van der Waals surface area (Å²) < 4.78 is 41.2. The van der Waals surface area contributed by atoms with Gasteiger partial charge in [0.1, 0.15) is 11.4 Å². The number of halogens is 5. The molecule has 12 heteroatoms. The van der Waals surface area contributed by atoms with Crippen molar-refractivity contribution >= 4 is 40.8 Å². The molecule has 0 aliphatic rings. The summed E-state index contributed by atoms with van der Waals surface area (Å²) in [5.74, 6) is -1.81.